The van der Waals surface area contributed by atoms with E-state index in [-0.39, 0.29) is 6.09 Å². The van der Waals surface area contributed by atoms with Gasteiger partial charge in [-0.2, -0.15) is 0 Å². The van der Waals surface area contributed by atoms with Gasteiger partial charge in [-0.1, -0.05) is 19.8 Å². The Morgan fingerprint density at radius 3 is 2.50 bits per heavy atom. The first-order valence-electron chi connectivity index (χ1n) is 8.61. The fourth-order valence-electron chi connectivity index (χ4n) is 2.89. The smallest absolute Gasteiger partial charge is 0.410 e. The molecular weight excluding hydrogens is 280 g/mol. The number of hydrogen-bond donors (Lipinski definition) is 1. The quantitative estimate of drug-likeness (QED) is 0.784. The standard InChI is InChI=1S/C17H34N2O3/c1-6-12-19(16(20)22-17(2,3)4)13-11-18-14-9-7-8-10-15(14)21-5/h14-15,18H,6-13H2,1-5H3. The molecule has 1 aliphatic carbocycles. The van der Waals surface area contributed by atoms with Crippen molar-refractivity contribution in [2.45, 2.75) is 77.5 Å². The number of nitrogens with zero attached hydrogens (tertiary/aromatic N) is 1. The molecule has 0 aromatic heterocycles. The van der Waals surface area contributed by atoms with Crippen molar-refractivity contribution in [1.82, 2.24) is 10.2 Å². The van der Waals surface area contributed by atoms with Gasteiger partial charge in [0.05, 0.1) is 6.10 Å². The molecule has 0 radical (unpaired) electrons. The molecule has 130 valence electrons. The van der Waals surface area contributed by atoms with E-state index in [9.17, 15) is 4.79 Å². The van der Waals surface area contributed by atoms with Crippen molar-refractivity contribution >= 4 is 6.09 Å². The molecule has 0 bridgehead atoms. The molecule has 5 nitrogen and oxygen atoms in total. The summed E-state index contributed by atoms with van der Waals surface area (Å²) >= 11 is 0. The van der Waals surface area contributed by atoms with E-state index in [1.165, 1.54) is 12.8 Å². The van der Waals surface area contributed by atoms with Crippen LogP contribution < -0.4 is 5.32 Å². The van der Waals surface area contributed by atoms with Crippen LogP contribution in [0.1, 0.15) is 59.8 Å². The minimum Gasteiger partial charge on any atom is -0.444 e. The first-order valence-corrected chi connectivity index (χ1v) is 8.61. The van der Waals surface area contributed by atoms with E-state index >= 15 is 0 Å². The maximum Gasteiger partial charge on any atom is 0.410 e. The Bertz CT molecular complexity index is 328. The highest BCUT2D eigenvalue weighted by atomic mass is 16.6. The number of nitrogens with one attached hydrogen (secondary N) is 1. The summed E-state index contributed by atoms with van der Waals surface area (Å²) in [6.45, 7) is 9.97. The normalized spacial score (nSPS) is 22.4. The summed E-state index contributed by atoms with van der Waals surface area (Å²) in [6, 6.07) is 0.404. The van der Waals surface area contributed by atoms with E-state index in [4.69, 9.17) is 9.47 Å². The molecule has 0 heterocycles. The van der Waals surface area contributed by atoms with Crippen molar-refractivity contribution in [3.8, 4) is 0 Å². The van der Waals surface area contributed by atoms with E-state index in [0.717, 1.165) is 32.4 Å². The zero-order chi connectivity index (χ0) is 16.6. The average molecular weight is 314 g/mol. The van der Waals surface area contributed by atoms with Gasteiger partial charge in [0.25, 0.3) is 0 Å². The van der Waals surface area contributed by atoms with Crippen molar-refractivity contribution < 1.29 is 14.3 Å². The Morgan fingerprint density at radius 1 is 1.23 bits per heavy atom. The van der Waals surface area contributed by atoms with Gasteiger partial charge in [0.2, 0.25) is 0 Å². The third-order valence-corrected chi connectivity index (χ3v) is 3.94. The van der Waals surface area contributed by atoms with Crippen LogP contribution in [0, 0.1) is 0 Å². The molecule has 1 aliphatic rings. The summed E-state index contributed by atoms with van der Waals surface area (Å²) in [5, 5.41) is 3.55. The zero-order valence-corrected chi connectivity index (χ0v) is 15.0. The van der Waals surface area contributed by atoms with Gasteiger partial charge in [0.1, 0.15) is 5.60 Å². The lowest BCUT2D eigenvalue weighted by Crippen LogP contribution is -2.47. The minimum absolute atomic E-state index is 0.219. The summed E-state index contributed by atoms with van der Waals surface area (Å²) in [4.78, 5) is 14.0. The van der Waals surface area contributed by atoms with Crippen molar-refractivity contribution in [2.75, 3.05) is 26.7 Å². The molecule has 0 saturated heterocycles. The Kier molecular flexibility index (Phi) is 8.18. The van der Waals surface area contributed by atoms with Gasteiger partial charge in [-0.15, -0.1) is 0 Å². The van der Waals surface area contributed by atoms with Gasteiger partial charge < -0.3 is 19.7 Å². The van der Waals surface area contributed by atoms with Gasteiger partial charge in [-0.05, 0) is 40.0 Å². The molecule has 0 aromatic rings. The second-order valence-corrected chi connectivity index (χ2v) is 7.09. The van der Waals surface area contributed by atoms with Crippen molar-refractivity contribution in [1.29, 1.82) is 0 Å². The Balaban J connectivity index is 2.41. The number of amides is 1. The van der Waals surface area contributed by atoms with Crippen LogP contribution in [0.15, 0.2) is 0 Å². The second-order valence-electron chi connectivity index (χ2n) is 7.09. The summed E-state index contributed by atoms with van der Waals surface area (Å²) in [6.07, 6.45) is 5.79. The van der Waals surface area contributed by atoms with Crippen molar-refractivity contribution in [2.24, 2.45) is 0 Å². The average Bonchev–Trinajstić information content (AvgIpc) is 2.45. The Morgan fingerprint density at radius 2 is 1.91 bits per heavy atom. The summed E-state index contributed by atoms with van der Waals surface area (Å²) < 4.78 is 11.0. The van der Waals surface area contributed by atoms with Crippen molar-refractivity contribution in [3.05, 3.63) is 0 Å². The number of rotatable bonds is 7. The summed E-state index contributed by atoms with van der Waals surface area (Å²) in [7, 11) is 1.79. The van der Waals surface area contributed by atoms with Crippen LogP contribution in [-0.2, 0) is 9.47 Å². The predicted octanol–water partition coefficient (Wildman–Crippen LogP) is 3.18. The Hall–Kier alpha value is -0.810. The van der Waals surface area contributed by atoms with Crippen LogP contribution in [-0.4, -0.2) is 55.5 Å². The molecule has 0 spiro atoms. The van der Waals surface area contributed by atoms with E-state index in [2.05, 4.69) is 12.2 Å². The molecule has 5 heteroatoms. The number of carbonyl (C=O) groups is 1. The van der Waals surface area contributed by atoms with Gasteiger partial charge in [-0.3, -0.25) is 0 Å². The third kappa shape index (κ3) is 6.97. The van der Waals surface area contributed by atoms with E-state index in [1.54, 1.807) is 12.0 Å². The lowest BCUT2D eigenvalue weighted by atomic mass is 9.92. The third-order valence-electron chi connectivity index (χ3n) is 3.94. The lowest BCUT2D eigenvalue weighted by molar-refractivity contribution is 0.0228. The van der Waals surface area contributed by atoms with Crippen LogP contribution in [0.25, 0.3) is 0 Å². The first-order chi connectivity index (χ1) is 10.4. The molecule has 1 saturated carbocycles. The van der Waals surface area contributed by atoms with E-state index in [0.29, 0.717) is 18.7 Å². The number of hydrogen-bond acceptors (Lipinski definition) is 4. The van der Waals surface area contributed by atoms with Gasteiger partial charge in [0.15, 0.2) is 0 Å². The molecule has 1 amide bonds. The monoisotopic (exact) mass is 314 g/mol. The van der Waals surface area contributed by atoms with E-state index in [1.807, 2.05) is 20.8 Å². The molecule has 0 aromatic carbocycles. The Labute approximate surface area is 135 Å². The summed E-state index contributed by atoms with van der Waals surface area (Å²) in [5.41, 5.74) is -0.443. The summed E-state index contributed by atoms with van der Waals surface area (Å²) in [5.74, 6) is 0. The molecule has 0 aliphatic heterocycles. The number of methoxy groups -OCH3 is 1. The van der Waals surface area contributed by atoms with Gasteiger partial charge in [-0.25, -0.2) is 4.79 Å². The second kappa shape index (κ2) is 9.36. The highest BCUT2D eigenvalue weighted by Gasteiger charge is 2.25. The molecular formula is C17H34N2O3. The molecule has 1 fully saturated rings. The highest BCUT2D eigenvalue weighted by Crippen LogP contribution is 2.20. The molecule has 2 atom stereocenters. The molecule has 2 unspecified atom stereocenters. The van der Waals surface area contributed by atoms with Crippen LogP contribution in [0.3, 0.4) is 0 Å². The van der Waals surface area contributed by atoms with E-state index < -0.39 is 5.60 Å². The number of ether oxygens (including phenoxy) is 2. The highest BCUT2D eigenvalue weighted by molar-refractivity contribution is 5.68. The number of carbonyl (C=O) groups excluding carboxylic acids is 1. The first kappa shape index (κ1) is 19.2. The van der Waals surface area contributed by atoms with Crippen LogP contribution >= 0.6 is 0 Å². The fraction of sp³-hybridized carbons (Fsp3) is 0.941. The maximum atomic E-state index is 12.2. The molecule has 1 N–H and O–H groups in total. The molecule has 22 heavy (non-hydrogen) atoms. The van der Waals surface area contributed by atoms with Crippen LogP contribution in [0.2, 0.25) is 0 Å². The zero-order valence-electron chi connectivity index (χ0n) is 15.0. The van der Waals surface area contributed by atoms with Gasteiger partial charge in [0, 0.05) is 32.8 Å². The van der Waals surface area contributed by atoms with Crippen molar-refractivity contribution in [3.63, 3.8) is 0 Å². The predicted molar refractivity (Wildman–Crippen MR) is 89.2 cm³/mol. The van der Waals surface area contributed by atoms with Gasteiger partial charge >= 0.3 is 6.09 Å². The lowest BCUT2D eigenvalue weighted by Gasteiger charge is -2.32. The molecule has 1 rings (SSSR count). The van der Waals surface area contributed by atoms with Crippen LogP contribution in [0.4, 0.5) is 4.79 Å². The largest absolute Gasteiger partial charge is 0.444 e. The topological polar surface area (TPSA) is 50.8 Å². The maximum absolute atomic E-state index is 12.2. The van der Waals surface area contributed by atoms with Crippen LogP contribution in [0.5, 0.6) is 0 Å². The fourth-order valence-corrected chi connectivity index (χ4v) is 2.89. The minimum atomic E-state index is -0.443. The SMILES string of the molecule is CCCN(CCNC1CCCCC1OC)C(=O)OC(C)(C)C.